The number of hydrogen-bond donors (Lipinski definition) is 4. The standard InChI is InChI=1S/C33H32N12O4/c34-26-24-28-42-30(40-26)48-14-7-3-5-10-20-15-21(16-36-23(20)18-44(28)32(46)38-24)37-27-25-29-43-31(41-27)49-13-6-2-1-4-9-19-11-8-12-35-22(19)17-45(29)33(47)39-25/h4-5,8-12,15-16H,1-3,6-7,13-14,17-18H2,(H,38,46)(H,39,47)(H2,34,40,42)(H,37,41,43)/b9-4-,10-5-. The number of rotatable bonds is 2. The summed E-state index contributed by atoms with van der Waals surface area (Å²) in [6.07, 6.45) is 15.6. The molecule has 0 amide bonds. The summed E-state index contributed by atoms with van der Waals surface area (Å²) in [5, 5.41) is 25.1. The van der Waals surface area contributed by atoms with Crippen molar-refractivity contribution in [3.63, 3.8) is 0 Å². The van der Waals surface area contributed by atoms with Crippen LogP contribution < -0.4 is 20.5 Å². The van der Waals surface area contributed by atoms with Gasteiger partial charge in [-0.1, -0.05) is 30.4 Å². The van der Waals surface area contributed by atoms with Gasteiger partial charge in [-0.2, -0.15) is 29.9 Å². The highest BCUT2D eigenvalue weighted by Gasteiger charge is 2.22. The topological polar surface area (TPSA) is 210 Å². The van der Waals surface area contributed by atoms with Gasteiger partial charge in [0.1, 0.15) is 0 Å². The molecule has 8 rings (SSSR count). The highest BCUT2D eigenvalue weighted by Crippen LogP contribution is 2.32. The Hall–Kier alpha value is -6.32. The first-order valence-electron chi connectivity index (χ1n) is 16.0. The van der Waals surface area contributed by atoms with Gasteiger partial charge in [-0.05, 0) is 55.4 Å². The fourth-order valence-electron chi connectivity index (χ4n) is 5.80. The highest BCUT2D eigenvalue weighted by atomic mass is 16.5. The summed E-state index contributed by atoms with van der Waals surface area (Å²) in [5.74, 6) is 0.455. The number of nitrogen functional groups attached to an aromatic ring is 1. The largest absolute Gasteiger partial charge is 0.480 e. The molecular formula is C33H32N12O4. The second kappa shape index (κ2) is 12.7. The van der Waals surface area contributed by atoms with Crippen molar-refractivity contribution in [3.8, 4) is 24.0 Å². The lowest BCUT2D eigenvalue weighted by molar-refractivity contribution is 0.285. The number of aromatic hydroxyl groups is 2. The number of allylic oxidation sites excluding steroid dienone is 2. The number of nitrogens with two attached hydrogens (primary N) is 1. The normalized spacial score (nSPS) is 16.3. The van der Waals surface area contributed by atoms with Crippen molar-refractivity contribution in [1.29, 1.82) is 0 Å². The van der Waals surface area contributed by atoms with Crippen LogP contribution >= 0.6 is 0 Å². The van der Waals surface area contributed by atoms with Crippen LogP contribution in [0.2, 0.25) is 0 Å². The monoisotopic (exact) mass is 660 g/mol. The molecule has 0 spiro atoms. The number of imidazole rings is 2. The Balaban J connectivity index is 1.18. The molecule has 49 heavy (non-hydrogen) atoms. The van der Waals surface area contributed by atoms with E-state index in [9.17, 15) is 10.2 Å². The van der Waals surface area contributed by atoms with Gasteiger partial charge in [0.25, 0.3) is 12.0 Å². The Morgan fingerprint density at radius 2 is 1.41 bits per heavy atom. The van der Waals surface area contributed by atoms with E-state index in [2.05, 4.69) is 52.4 Å². The lowest BCUT2D eigenvalue weighted by Crippen LogP contribution is -2.09. The lowest BCUT2D eigenvalue weighted by Gasteiger charge is -2.13. The van der Waals surface area contributed by atoms with Crippen molar-refractivity contribution in [1.82, 2.24) is 49.0 Å². The van der Waals surface area contributed by atoms with Crippen molar-refractivity contribution in [2.45, 2.75) is 45.2 Å². The number of hydrogen-bond acceptors (Lipinski definition) is 14. The minimum Gasteiger partial charge on any atom is -0.480 e. The second-order valence-electron chi connectivity index (χ2n) is 11.7. The fourth-order valence-corrected chi connectivity index (χ4v) is 5.80. The molecule has 2 aliphatic heterocycles. The smallest absolute Gasteiger partial charge is 0.320 e. The number of anilines is 3. The third kappa shape index (κ3) is 5.99. The summed E-state index contributed by atoms with van der Waals surface area (Å²) in [5.41, 5.74) is 11.2. The van der Waals surface area contributed by atoms with Crippen LogP contribution in [0.1, 0.15) is 54.6 Å². The molecule has 0 unspecified atom stereocenters. The molecule has 0 radical (unpaired) electrons. The molecule has 8 heterocycles. The Kier molecular flexibility index (Phi) is 7.79. The molecule has 16 nitrogen and oxygen atoms in total. The number of ether oxygens (including phenoxy) is 2. The Morgan fingerprint density at radius 3 is 2.22 bits per heavy atom. The van der Waals surface area contributed by atoms with E-state index >= 15 is 0 Å². The number of fused-ring (bicyclic) bond motifs is 4. The van der Waals surface area contributed by atoms with Crippen LogP contribution in [0.5, 0.6) is 24.0 Å². The van der Waals surface area contributed by atoms with Gasteiger partial charge in [0.15, 0.2) is 34.0 Å². The SMILES string of the molecule is Nc1nc2nc3c1nc(O)n3Cc1ncc(Nc3nc4nc5c3nc(O)n5Cc3ncccc3/C=C\CCCCO4)cc1/C=C\CCCO2. The average Bonchev–Trinajstić information content (AvgIpc) is 3.58. The first-order chi connectivity index (χ1) is 24.0. The highest BCUT2D eigenvalue weighted by molar-refractivity contribution is 5.87. The second-order valence-corrected chi connectivity index (χ2v) is 11.7. The van der Waals surface area contributed by atoms with Crippen LogP contribution in [0.3, 0.4) is 0 Å². The number of aromatic nitrogens is 10. The van der Waals surface area contributed by atoms with Crippen molar-refractivity contribution >= 4 is 51.8 Å². The van der Waals surface area contributed by atoms with E-state index in [-0.39, 0.29) is 48.5 Å². The van der Waals surface area contributed by atoms with Gasteiger partial charge in [0, 0.05) is 6.20 Å². The van der Waals surface area contributed by atoms with Gasteiger partial charge >= 0.3 is 12.0 Å². The Morgan fingerprint density at radius 1 is 0.735 bits per heavy atom. The fraction of sp³-hybridized carbons (Fsp3) is 0.273. The maximum Gasteiger partial charge on any atom is 0.320 e. The zero-order chi connectivity index (χ0) is 33.3. The maximum absolute atomic E-state index is 11.0. The third-order valence-corrected chi connectivity index (χ3v) is 8.28. The van der Waals surface area contributed by atoms with Gasteiger partial charge in [-0.25, -0.2) is 0 Å². The predicted molar refractivity (Wildman–Crippen MR) is 180 cm³/mol. The average molecular weight is 661 g/mol. The van der Waals surface area contributed by atoms with Crippen LogP contribution in [-0.2, 0) is 13.1 Å². The molecule has 2 aliphatic rings. The molecular weight excluding hydrogens is 628 g/mol. The van der Waals surface area contributed by atoms with Crippen LogP contribution in [-0.4, -0.2) is 72.4 Å². The molecule has 16 heteroatoms. The van der Waals surface area contributed by atoms with E-state index in [1.165, 1.54) is 4.57 Å². The minimum atomic E-state index is -0.270. The molecule has 0 aromatic carbocycles. The molecule has 0 aliphatic carbocycles. The molecule has 6 aromatic rings. The van der Waals surface area contributed by atoms with Gasteiger partial charge in [-0.3, -0.25) is 19.1 Å². The Bertz CT molecular complexity index is 2260. The number of nitrogens with one attached hydrogen (secondary N) is 1. The zero-order valence-electron chi connectivity index (χ0n) is 26.3. The summed E-state index contributed by atoms with van der Waals surface area (Å²) in [7, 11) is 0. The number of nitrogens with zero attached hydrogens (tertiary/aromatic N) is 10. The van der Waals surface area contributed by atoms with Gasteiger partial charge in [0.2, 0.25) is 0 Å². The molecule has 0 saturated carbocycles. The summed E-state index contributed by atoms with van der Waals surface area (Å²) in [6.45, 7) is 1.20. The van der Waals surface area contributed by atoms with Crippen LogP contribution in [0, 0.1) is 0 Å². The summed E-state index contributed by atoms with van der Waals surface area (Å²) in [4.78, 5) is 35.9. The molecule has 248 valence electrons. The first kappa shape index (κ1) is 30.0. The van der Waals surface area contributed by atoms with Crippen LogP contribution in [0.4, 0.5) is 17.3 Å². The quantitative estimate of drug-likeness (QED) is 0.204. The van der Waals surface area contributed by atoms with E-state index in [0.29, 0.717) is 53.6 Å². The van der Waals surface area contributed by atoms with Crippen molar-refractivity contribution in [2.24, 2.45) is 0 Å². The predicted octanol–water partition coefficient (Wildman–Crippen LogP) is 4.35. The molecule has 0 fully saturated rings. The van der Waals surface area contributed by atoms with Gasteiger partial charge in [-0.15, -0.1) is 0 Å². The maximum atomic E-state index is 11.0. The molecule has 6 aromatic heterocycles. The molecule has 5 N–H and O–H groups in total. The van der Waals surface area contributed by atoms with Gasteiger partial charge in [0.05, 0.1) is 49.6 Å². The van der Waals surface area contributed by atoms with E-state index in [1.54, 1.807) is 17.0 Å². The first-order valence-corrected chi connectivity index (χ1v) is 16.0. The minimum absolute atomic E-state index is 0.114. The zero-order valence-corrected chi connectivity index (χ0v) is 26.3. The molecule has 0 saturated heterocycles. The molecule has 4 bridgehead atoms. The van der Waals surface area contributed by atoms with E-state index < -0.39 is 0 Å². The van der Waals surface area contributed by atoms with E-state index in [0.717, 1.165) is 42.5 Å². The third-order valence-electron chi connectivity index (χ3n) is 8.28. The number of pyridine rings is 2. The summed E-state index contributed by atoms with van der Waals surface area (Å²) >= 11 is 0. The van der Waals surface area contributed by atoms with Crippen LogP contribution in [0.25, 0.3) is 34.5 Å². The van der Waals surface area contributed by atoms with Crippen LogP contribution in [0.15, 0.2) is 42.7 Å². The van der Waals surface area contributed by atoms with Crippen molar-refractivity contribution in [2.75, 3.05) is 24.3 Å². The Labute approximate surface area is 279 Å². The van der Waals surface area contributed by atoms with Crippen molar-refractivity contribution in [3.05, 3.63) is 65.3 Å². The van der Waals surface area contributed by atoms with E-state index in [4.69, 9.17) is 20.2 Å². The van der Waals surface area contributed by atoms with Crippen molar-refractivity contribution < 1.29 is 19.7 Å². The van der Waals surface area contributed by atoms with Gasteiger partial charge < -0.3 is 30.7 Å². The van der Waals surface area contributed by atoms with E-state index in [1.807, 2.05) is 30.4 Å². The summed E-state index contributed by atoms with van der Waals surface area (Å²) in [6, 6.07) is 5.59. The molecule has 0 atom stereocenters. The lowest BCUT2D eigenvalue weighted by atomic mass is 10.1. The summed E-state index contributed by atoms with van der Waals surface area (Å²) < 4.78 is 14.8.